The lowest BCUT2D eigenvalue weighted by Gasteiger charge is -2.14. The largest absolute Gasteiger partial charge is 0.465 e. The Kier molecular flexibility index (Phi) is 4.89. The van der Waals surface area contributed by atoms with Crippen LogP contribution >= 0.6 is 0 Å². The van der Waals surface area contributed by atoms with Gasteiger partial charge in [-0.1, -0.05) is 12.1 Å². The molecule has 0 spiro atoms. The third-order valence-electron chi connectivity index (χ3n) is 4.48. The van der Waals surface area contributed by atoms with Crippen LogP contribution in [0.15, 0.2) is 70.7 Å². The molecule has 1 saturated heterocycles. The molecule has 8 heteroatoms. The summed E-state index contributed by atoms with van der Waals surface area (Å²) in [7, 11) is 1.31. The number of methoxy groups -OCH3 is 1. The van der Waals surface area contributed by atoms with Gasteiger partial charge >= 0.3 is 5.97 Å². The van der Waals surface area contributed by atoms with E-state index < -0.39 is 23.6 Å². The number of halogens is 1. The predicted octanol–water partition coefficient (Wildman–Crippen LogP) is 3.33. The molecular formula is C22H15FN2O5. The maximum Gasteiger partial charge on any atom is 0.337 e. The second kappa shape index (κ2) is 7.67. The lowest BCUT2D eigenvalue weighted by molar-refractivity contribution is -0.117. The molecule has 4 rings (SSSR count). The van der Waals surface area contributed by atoms with Crippen LogP contribution in [0.3, 0.4) is 0 Å². The standard InChI is InChI=1S/C22H15FN2O5/c1-29-22(28)14-4-2-13(3-5-14)19-11-10-17(30-19)12-18-20(26)24-25(21(18)27)16-8-6-15(23)7-9-16/h2-12H,1H3,(H,24,26)/b18-12-. The van der Waals surface area contributed by atoms with Gasteiger partial charge in [-0.25, -0.2) is 14.2 Å². The number of rotatable bonds is 4. The highest BCUT2D eigenvalue weighted by atomic mass is 19.1. The average molecular weight is 406 g/mol. The molecule has 2 heterocycles. The van der Waals surface area contributed by atoms with E-state index in [0.29, 0.717) is 28.3 Å². The second-order valence-electron chi connectivity index (χ2n) is 6.39. The first-order valence-electron chi connectivity index (χ1n) is 8.87. The smallest absolute Gasteiger partial charge is 0.337 e. The fourth-order valence-electron chi connectivity index (χ4n) is 2.95. The highest BCUT2D eigenvalue weighted by molar-refractivity contribution is 6.31. The summed E-state index contributed by atoms with van der Waals surface area (Å²) in [5, 5.41) is 1.04. The SMILES string of the molecule is COC(=O)c1ccc(-c2ccc(/C=C3/C(=O)NN(c4ccc(F)cc4)C3=O)o2)cc1. The van der Waals surface area contributed by atoms with E-state index in [4.69, 9.17) is 4.42 Å². The summed E-state index contributed by atoms with van der Waals surface area (Å²) in [5.41, 5.74) is 3.78. The maximum atomic E-state index is 13.1. The number of hydrazine groups is 1. The van der Waals surface area contributed by atoms with Crippen molar-refractivity contribution in [2.75, 3.05) is 12.1 Å². The Bertz CT molecular complexity index is 1160. The summed E-state index contributed by atoms with van der Waals surface area (Å²) in [6.07, 6.45) is 1.34. The fourth-order valence-corrected chi connectivity index (χ4v) is 2.95. The molecular weight excluding hydrogens is 391 g/mol. The van der Waals surface area contributed by atoms with E-state index in [1.807, 2.05) is 0 Å². The number of nitrogens with one attached hydrogen (secondary N) is 1. The molecule has 1 fully saturated rings. The van der Waals surface area contributed by atoms with Gasteiger partial charge in [0.1, 0.15) is 22.9 Å². The van der Waals surface area contributed by atoms with Crippen LogP contribution < -0.4 is 10.4 Å². The number of amides is 2. The zero-order chi connectivity index (χ0) is 21.3. The van der Waals surface area contributed by atoms with Crippen molar-refractivity contribution in [3.63, 3.8) is 0 Å². The molecule has 1 aliphatic rings. The Hall–Kier alpha value is -4.20. The molecule has 2 aromatic carbocycles. The van der Waals surface area contributed by atoms with Gasteiger partial charge in [-0.2, -0.15) is 0 Å². The molecule has 0 aliphatic carbocycles. The molecule has 0 radical (unpaired) electrons. The van der Waals surface area contributed by atoms with Crippen molar-refractivity contribution in [2.24, 2.45) is 0 Å². The van der Waals surface area contributed by atoms with Crippen molar-refractivity contribution < 1.29 is 27.9 Å². The molecule has 7 nitrogen and oxygen atoms in total. The van der Waals surface area contributed by atoms with Crippen molar-refractivity contribution in [3.8, 4) is 11.3 Å². The van der Waals surface area contributed by atoms with Crippen molar-refractivity contribution in [1.29, 1.82) is 0 Å². The molecule has 3 aromatic rings. The Balaban J connectivity index is 1.56. The van der Waals surface area contributed by atoms with Crippen LogP contribution in [0.1, 0.15) is 16.1 Å². The highest BCUT2D eigenvalue weighted by Crippen LogP contribution is 2.26. The normalized spacial score (nSPS) is 14.9. The van der Waals surface area contributed by atoms with Gasteiger partial charge in [0.25, 0.3) is 11.8 Å². The minimum Gasteiger partial charge on any atom is -0.465 e. The van der Waals surface area contributed by atoms with Gasteiger partial charge in [-0.05, 0) is 54.6 Å². The molecule has 1 aliphatic heterocycles. The summed E-state index contributed by atoms with van der Waals surface area (Å²) in [4.78, 5) is 36.4. The zero-order valence-electron chi connectivity index (χ0n) is 15.7. The van der Waals surface area contributed by atoms with Gasteiger partial charge in [0.05, 0.1) is 18.4 Å². The molecule has 0 bridgehead atoms. The Labute approximate surface area is 170 Å². The molecule has 2 amide bonds. The van der Waals surface area contributed by atoms with Crippen molar-refractivity contribution in [1.82, 2.24) is 5.43 Å². The quantitative estimate of drug-likeness (QED) is 0.408. The van der Waals surface area contributed by atoms with Crippen molar-refractivity contribution in [3.05, 3.63) is 83.4 Å². The van der Waals surface area contributed by atoms with Crippen molar-refractivity contribution >= 4 is 29.5 Å². The van der Waals surface area contributed by atoms with E-state index in [1.54, 1.807) is 36.4 Å². The van der Waals surface area contributed by atoms with Crippen LogP contribution in [0, 0.1) is 5.82 Å². The van der Waals surface area contributed by atoms with E-state index >= 15 is 0 Å². The summed E-state index contributed by atoms with van der Waals surface area (Å²) >= 11 is 0. The van der Waals surface area contributed by atoms with Gasteiger partial charge < -0.3 is 9.15 Å². The molecule has 0 saturated carbocycles. The van der Waals surface area contributed by atoms with Gasteiger partial charge in [0, 0.05) is 5.56 Å². The zero-order valence-corrected chi connectivity index (χ0v) is 15.7. The Morgan fingerprint density at radius 2 is 1.73 bits per heavy atom. The topological polar surface area (TPSA) is 88.9 Å². The monoisotopic (exact) mass is 406 g/mol. The van der Waals surface area contributed by atoms with Crippen LogP contribution in [0.2, 0.25) is 0 Å². The number of carbonyl (C=O) groups excluding carboxylic acids is 3. The maximum absolute atomic E-state index is 13.1. The summed E-state index contributed by atoms with van der Waals surface area (Å²) in [6.45, 7) is 0. The number of anilines is 1. The minimum atomic E-state index is -0.593. The van der Waals surface area contributed by atoms with Crippen molar-refractivity contribution in [2.45, 2.75) is 0 Å². The minimum absolute atomic E-state index is 0.110. The van der Waals surface area contributed by atoms with E-state index in [-0.39, 0.29) is 5.57 Å². The Morgan fingerprint density at radius 1 is 1.03 bits per heavy atom. The van der Waals surface area contributed by atoms with Crippen LogP contribution in [0.25, 0.3) is 17.4 Å². The number of carbonyl (C=O) groups is 3. The first kappa shape index (κ1) is 19.1. The molecule has 1 N–H and O–H groups in total. The third-order valence-corrected chi connectivity index (χ3v) is 4.48. The number of benzene rings is 2. The average Bonchev–Trinajstić information content (AvgIpc) is 3.34. The van der Waals surface area contributed by atoms with E-state index in [2.05, 4.69) is 10.2 Å². The second-order valence-corrected chi connectivity index (χ2v) is 6.39. The number of furan rings is 1. The summed E-state index contributed by atoms with van der Waals surface area (Å²) in [6, 6.07) is 15.1. The van der Waals surface area contributed by atoms with E-state index in [1.165, 1.54) is 37.5 Å². The number of ether oxygens (including phenoxy) is 1. The lowest BCUT2D eigenvalue weighted by Crippen LogP contribution is -2.35. The van der Waals surface area contributed by atoms with Gasteiger partial charge in [-0.15, -0.1) is 0 Å². The van der Waals surface area contributed by atoms with E-state index in [9.17, 15) is 18.8 Å². The lowest BCUT2D eigenvalue weighted by atomic mass is 10.1. The van der Waals surface area contributed by atoms with Crippen LogP contribution in [-0.2, 0) is 14.3 Å². The third kappa shape index (κ3) is 3.58. The number of nitrogens with zero attached hydrogens (tertiary/aromatic N) is 1. The fraction of sp³-hybridized carbons (Fsp3) is 0.0455. The predicted molar refractivity (Wildman–Crippen MR) is 105 cm³/mol. The van der Waals surface area contributed by atoms with Gasteiger partial charge in [0.2, 0.25) is 0 Å². The first-order chi connectivity index (χ1) is 14.5. The van der Waals surface area contributed by atoms with Crippen LogP contribution in [0.5, 0.6) is 0 Å². The number of esters is 1. The van der Waals surface area contributed by atoms with Crippen LogP contribution in [0.4, 0.5) is 10.1 Å². The first-order valence-corrected chi connectivity index (χ1v) is 8.87. The molecule has 0 atom stereocenters. The highest BCUT2D eigenvalue weighted by Gasteiger charge is 2.34. The summed E-state index contributed by atoms with van der Waals surface area (Å²) in [5.74, 6) is -1.25. The summed E-state index contributed by atoms with van der Waals surface area (Å²) < 4.78 is 23.5. The molecule has 150 valence electrons. The molecule has 0 unspecified atom stereocenters. The van der Waals surface area contributed by atoms with Gasteiger partial charge in [0.15, 0.2) is 0 Å². The number of hydrogen-bond donors (Lipinski definition) is 1. The van der Waals surface area contributed by atoms with E-state index in [0.717, 1.165) is 5.01 Å². The van der Waals surface area contributed by atoms with Gasteiger partial charge in [-0.3, -0.25) is 15.0 Å². The molecule has 30 heavy (non-hydrogen) atoms. The molecule has 1 aromatic heterocycles. The van der Waals surface area contributed by atoms with Crippen LogP contribution in [-0.4, -0.2) is 24.9 Å². The number of hydrogen-bond acceptors (Lipinski definition) is 5. The Morgan fingerprint density at radius 3 is 2.40 bits per heavy atom.